The number of hydrogen-bond donors (Lipinski definition) is 1. The van der Waals surface area contributed by atoms with E-state index in [1.54, 1.807) is 0 Å². The molecule has 0 heterocycles. The van der Waals surface area contributed by atoms with Crippen LogP contribution in [-0.2, 0) is 4.79 Å². The zero-order valence-corrected chi connectivity index (χ0v) is 11.9. The maximum Gasteiger partial charge on any atom is 0.224 e. The first-order valence-corrected chi connectivity index (χ1v) is 7.27. The highest BCUT2D eigenvalue weighted by atomic mass is 79.9. The van der Waals surface area contributed by atoms with E-state index in [-0.39, 0.29) is 5.91 Å². The number of nitrogens with one attached hydrogen (secondary N) is 1. The molecular weight excluding hydrogens is 278 g/mol. The van der Waals surface area contributed by atoms with Crippen LogP contribution in [0.2, 0.25) is 0 Å². The number of unbranched alkanes of at least 4 members (excludes halogenated alkanes) is 3. The molecule has 1 N–H and O–H groups in total. The average Bonchev–Trinajstić information content (AvgIpc) is 2.32. The van der Waals surface area contributed by atoms with E-state index in [4.69, 9.17) is 0 Å². The Kier molecular flexibility index (Phi) is 6.94. The van der Waals surface area contributed by atoms with Gasteiger partial charge < -0.3 is 5.32 Å². The van der Waals surface area contributed by atoms with E-state index in [1.165, 1.54) is 18.4 Å². The summed E-state index contributed by atoms with van der Waals surface area (Å²) in [5.74, 6) is 0.118. The van der Waals surface area contributed by atoms with Gasteiger partial charge in [-0.15, -0.1) is 0 Å². The highest BCUT2D eigenvalue weighted by molar-refractivity contribution is 9.09. The highest BCUT2D eigenvalue weighted by Gasteiger charge is 2.01. The van der Waals surface area contributed by atoms with Gasteiger partial charge in [-0.25, -0.2) is 0 Å². The molecule has 0 aliphatic carbocycles. The monoisotopic (exact) mass is 297 g/mol. The standard InChI is InChI=1S/C14H20BrNO/c1-12-7-9-13(10-8-12)16-14(17)6-4-2-3-5-11-15/h7-10H,2-6,11H2,1H3,(H,16,17). The molecule has 94 valence electrons. The van der Waals surface area contributed by atoms with Crippen LogP contribution < -0.4 is 5.32 Å². The Morgan fingerprint density at radius 1 is 1.12 bits per heavy atom. The average molecular weight is 298 g/mol. The summed E-state index contributed by atoms with van der Waals surface area (Å²) in [6.07, 6.45) is 5.12. The largest absolute Gasteiger partial charge is 0.326 e. The number of rotatable bonds is 7. The van der Waals surface area contributed by atoms with Gasteiger partial charge in [0.05, 0.1) is 0 Å². The van der Waals surface area contributed by atoms with Crippen LogP contribution in [0, 0.1) is 6.92 Å². The Balaban J connectivity index is 2.18. The van der Waals surface area contributed by atoms with Crippen molar-refractivity contribution in [1.82, 2.24) is 0 Å². The van der Waals surface area contributed by atoms with E-state index < -0.39 is 0 Å². The molecule has 1 amide bonds. The maximum absolute atomic E-state index is 11.6. The molecule has 0 unspecified atom stereocenters. The molecule has 0 bridgehead atoms. The second-order valence-electron chi connectivity index (χ2n) is 4.27. The Bertz CT molecular complexity index is 335. The van der Waals surface area contributed by atoms with E-state index in [0.29, 0.717) is 6.42 Å². The van der Waals surface area contributed by atoms with Gasteiger partial charge in [-0.1, -0.05) is 46.5 Å². The van der Waals surface area contributed by atoms with Crippen molar-refractivity contribution < 1.29 is 4.79 Å². The second-order valence-corrected chi connectivity index (χ2v) is 5.06. The van der Waals surface area contributed by atoms with Gasteiger partial charge in [0.2, 0.25) is 5.91 Å². The van der Waals surface area contributed by atoms with Gasteiger partial charge in [-0.3, -0.25) is 4.79 Å². The number of alkyl halides is 1. The number of hydrogen-bond acceptors (Lipinski definition) is 1. The first kappa shape index (κ1) is 14.2. The quantitative estimate of drug-likeness (QED) is 0.591. The minimum Gasteiger partial charge on any atom is -0.326 e. The number of benzene rings is 1. The summed E-state index contributed by atoms with van der Waals surface area (Å²) >= 11 is 3.40. The van der Waals surface area contributed by atoms with Gasteiger partial charge in [-0.05, 0) is 31.9 Å². The van der Waals surface area contributed by atoms with Gasteiger partial charge in [0.25, 0.3) is 0 Å². The molecule has 1 rings (SSSR count). The number of anilines is 1. The fraction of sp³-hybridized carbons (Fsp3) is 0.500. The summed E-state index contributed by atoms with van der Waals surface area (Å²) in [6.45, 7) is 2.04. The summed E-state index contributed by atoms with van der Waals surface area (Å²) in [4.78, 5) is 11.6. The molecule has 0 saturated heterocycles. The van der Waals surface area contributed by atoms with E-state index in [2.05, 4.69) is 21.2 Å². The number of aryl methyl sites for hydroxylation is 1. The molecule has 0 aromatic heterocycles. The van der Waals surface area contributed by atoms with Gasteiger partial charge in [-0.2, -0.15) is 0 Å². The van der Waals surface area contributed by atoms with Crippen molar-refractivity contribution in [3.05, 3.63) is 29.8 Å². The fourth-order valence-electron chi connectivity index (χ4n) is 1.59. The normalized spacial score (nSPS) is 10.2. The first-order chi connectivity index (χ1) is 8.22. The van der Waals surface area contributed by atoms with Crippen LogP contribution in [0.3, 0.4) is 0 Å². The van der Waals surface area contributed by atoms with Crippen LogP contribution >= 0.6 is 15.9 Å². The van der Waals surface area contributed by atoms with E-state index in [0.717, 1.165) is 23.9 Å². The summed E-state index contributed by atoms with van der Waals surface area (Å²) in [7, 11) is 0. The van der Waals surface area contributed by atoms with Crippen LogP contribution in [-0.4, -0.2) is 11.2 Å². The van der Waals surface area contributed by atoms with Gasteiger partial charge in [0, 0.05) is 17.4 Å². The first-order valence-electron chi connectivity index (χ1n) is 6.15. The van der Waals surface area contributed by atoms with Crippen molar-refractivity contribution in [2.45, 2.75) is 39.0 Å². The number of amides is 1. The molecule has 0 atom stereocenters. The third-order valence-corrected chi connectivity index (χ3v) is 3.18. The molecular formula is C14H20BrNO. The summed E-state index contributed by atoms with van der Waals surface area (Å²) in [6, 6.07) is 7.90. The van der Waals surface area contributed by atoms with Crippen molar-refractivity contribution in [2.24, 2.45) is 0 Å². The topological polar surface area (TPSA) is 29.1 Å². The SMILES string of the molecule is Cc1ccc(NC(=O)CCCCCCBr)cc1. The molecule has 0 saturated carbocycles. The Morgan fingerprint density at radius 2 is 1.76 bits per heavy atom. The predicted octanol–water partition coefficient (Wildman–Crippen LogP) is 4.28. The molecule has 0 spiro atoms. The molecule has 2 nitrogen and oxygen atoms in total. The van der Waals surface area contributed by atoms with Crippen LogP contribution in [0.1, 0.15) is 37.7 Å². The second kappa shape index (κ2) is 8.29. The molecule has 0 aliphatic rings. The van der Waals surface area contributed by atoms with Crippen molar-refractivity contribution in [1.29, 1.82) is 0 Å². The van der Waals surface area contributed by atoms with Crippen LogP contribution in [0.4, 0.5) is 5.69 Å². The predicted molar refractivity (Wildman–Crippen MR) is 76.7 cm³/mol. The van der Waals surface area contributed by atoms with E-state index in [1.807, 2.05) is 31.2 Å². The Labute approximate surface area is 112 Å². The molecule has 3 heteroatoms. The summed E-state index contributed by atoms with van der Waals surface area (Å²) in [5, 5.41) is 3.97. The zero-order chi connectivity index (χ0) is 12.5. The third kappa shape index (κ3) is 6.47. The van der Waals surface area contributed by atoms with Crippen molar-refractivity contribution in [3.8, 4) is 0 Å². The lowest BCUT2D eigenvalue weighted by Gasteiger charge is -2.05. The van der Waals surface area contributed by atoms with Gasteiger partial charge >= 0.3 is 0 Å². The minimum absolute atomic E-state index is 0.118. The van der Waals surface area contributed by atoms with E-state index >= 15 is 0 Å². The Morgan fingerprint density at radius 3 is 2.41 bits per heavy atom. The van der Waals surface area contributed by atoms with Crippen molar-refractivity contribution >= 4 is 27.5 Å². The lowest BCUT2D eigenvalue weighted by atomic mass is 10.1. The number of carbonyl (C=O) groups is 1. The Hall–Kier alpha value is -0.830. The lowest BCUT2D eigenvalue weighted by Crippen LogP contribution is -2.10. The van der Waals surface area contributed by atoms with Crippen molar-refractivity contribution in [3.63, 3.8) is 0 Å². The highest BCUT2D eigenvalue weighted by Crippen LogP contribution is 2.10. The maximum atomic E-state index is 11.6. The van der Waals surface area contributed by atoms with Gasteiger partial charge in [0.1, 0.15) is 0 Å². The lowest BCUT2D eigenvalue weighted by molar-refractivity contribution is -0.116. The number of carbonyl (C=O) groups excluding carboxylic acids is 1. The third-order valence-electron chi connectivity index (χ3n) is 2.62. The van der Waals surface area contributed by atoms with Crippen LogP contribution in [0.5, 0.6) is 0 Å². The summed E-state index contributed by atoms with van der Waals surface area (Å²) in [5.41, 5.74) is 2.10. The smallest absolute Gasteiger partial charge is 0.224 e. The molecule has 0 fully saturated rings. The summed E-state index contributed by atoms with van der Waals surface area (Å²) < 4.78 is 0. The molecule has 0 radical (unpaired) electrons. The minimum atomic E-state index is 0.118. The fourth-order valence-corrected chi connectivity index (χ4v) is 1.99. The molecule has 0 aliphatic heterocycles. The van der Waals surface area contributed by atoms with Crippen LogP contribution in [0.15, 0.2) is 24.3 Å². The van der Waals surface area contributed by atoms with Gasteiger partial charge in [0.15, 0.2) is 0 Å². The number of halogens is 1. The molecule has 1 aromatic carbocycles. The van der Waals surface area contributed by atoms with Crippen molar-refractivity contribution in [2.75, 3.05) is 10.6 Å². The van der Waals surface area contributed by atoms with Crippen LogP contribution in [0.25, 0.3) is 0 Å². The zero-order valence-electron chi connectivity index (χ0n) is 10.3. The molecule has 1 aromatic rings. The van der Waals surface area contributed by atoms with E-state index in [9.17, 15) is 4.79 Å². The molecule has 17 heavy (non-hydrogen) atoms.